The number of nitrogens with zero attached hydrogens (tertiary/aromatic N) is 3. The molecule has 0 bridgehead atoms. The molecule has 0 radical (unpaired) electrons. The van der Waals surface area contributed by atoms with E-state index in [1.54, 1.807) is 14.0 Å². The number of thiazole rings is 1. The molecule has 3 fully saturated rings. The number of hydrogen-bond donors (Lipinski definition) is 3. The van der Waals surface area contributed by atoms with Gasteiger partial charge >= 0.3 is 0 Å². The van der Waals surface area contributed by atoms with E-state index >= 15 is 0 Å². The summed E-state index contributed by atoms with van der Waals surface area (Å²) < 4.78 is 39.9. The van der Waals surface area contributed by atoms with Gasteiger partial charge in [-0.05, 0) is 70.4 Å². The fourth-order valence-electron chi connectivity index (χ4n) is 7.50. The molecule has 0 spiro atoms. The van der Waals surface area contributed by atoms with Gasteiger partial charge in [0.2, 0.25) is 21.8 Å². The van der Waals surface area contributed by atoms with Gasteiger partial charge in [0.1, 0.15) is 39.9 Å². The van der Waals surface area contributed by atoms with Crippen LogP contribution in [0, 0.1) is 12.8 Å². The number of carbonyl (C=O) groups excluding carboxylic acids is 3. The largest absolute Gasteiger partial charge is 0.496 e. The van der Waals surface area contributed by atoms with Crippen LogP contribution in [0.25, 0.3) is 21.6 Å². The molecular weight excluding hydrogens is 729 g/mol. The summed E-state index contributed by atoms with van der Waals surface area (Å²) in [4.78, 5) is 53.5. The molecule has 3 aromatic rings. The van der Waals surface area contributed by atoms with Crippen LogP contribution in [0.15, 0.2) is 35.7 Å². The van der Waals surface area contributed by atoms with Crippen LogP contribution < -0.4 is 25.2 Å². The van der Waals surface area contributed by atoms with Gasteiger partial charge in [-0.3, -0.25) is 19.1 Å². The number of carbonyl (C=O) groups is 3. The first kappa shape index (κ1) is 38.2. The van der Waals surface area contributed by atoms with E-state index in [-0.39, 0.29) is 31.2 Å². The zero-order valence-corrected chi connectivity index (χ0v) is 33.1. The normalized spacial score (nSPS) is 27.6. The number of fused-ring (bicyclic) bond motifs is 3. The van der Waals surface area contributed by atoms with Crippen LogP contribution in [0.5, 0.6) is 11.5 Å². The van der Waals surface area contributed by atoms with Gasteiger partial charge in [0, 0.05) is 34.7 Å². The monoisotopic (exact) mass is 778 g/mol. The van der Waals surface area contributed by atoms with Crippen molar-refractivity contribution in [3.05, 3.63) is 47.0 Å². The molecule has 4 aliphatic rings. The van der Waals surface area contributed by atoms with E-state index in [9.17, 15) is 22.8 Å². The van der Waals surface area contributed by atoms with Crippen molar-refractivity contribution in [1.29, 1.82) is 0 Å². The van der Waals surface area contributed by atoms with Crippen LogP contribution in [0.3, 0.4) is 0 Å². The maximum atomic E-state index is 14.3. The van der Waals surface area contributed by atoms with Gasteiger partial charge in [-0.1, -0.05) is 38.8 Å². The molecule has 1 saturated heterocycles. The molecule has 4 N–H and O–H groups in total. The number of pyridine rings is 1. The highest BCUT2D eigenvalue weighted by Crippen LogP contribution is 2.48. The minimum atomic E-state index is -3.95. The third-order valence-electron chi connectivity index (χ3n) is 11.5. The number of ether oxygens (including phenoxy) is 2. The molecule has 290 valence electrons. The average Bonchev–Trinajstić information content (AvgIpc) is 3.90. The molecule has 2 aliphatic carbocycles. The molecule has 7 rings (SSSR count). The number of rotatable bonds is 8. The lowest BCUT2D eigenvalue weighted by molar-refractivity contribution is -0.140. The van der Waals surface area contributed by atoms with Crippen molar-refractivity contribution in [2.75, 3.05) is 13.7 Å². The van der Waals surface area contributed by atoms with Gasteiger partial charge < -0.3 is 25.4 Å². The van der Waals surface area contributed by atoms with Crippen molar-refractivity contribution >= 4 is 50.0 Å². The highest BCUT2D eigenvalue weighted by molar-refractivity contribution is 7.91. The Morgan fingerprint density at radius 2 is 1.93 bits per heavy atom. The highest BCUT2D eigenvalue weighted by Gasteiger charge is 2.63. The zero-order chi connectivity index (χ0) is 38.6. The molecule has 2 aromatic heterocycles. The second kappa shape index (κ2) is 14.5. The Bertz CT molecular complexity index is 2110. The lowest BCUT2D eigenvalue weighted by Gasteiger charge is -2.28. The summed E-state index contributed by atoms with van der Waals surface area (Å²) in [6, 6.07) is 3.76. The Kier molecular flexibility index (Phi) is 10.3. The second-order valence-electron chi connectivity index (χ2n) is 15.8. The van der Waals surface area contributed by atoms with Gasteiger partial charge in [0.15, 0.2) is 0 Å². The highest BCUT2D eigenvalue weighted by atomic mass is 32.2. The van der Waals surface area contributed by atoms with E-state index in [0.29, 0.717) is 42.0 Å². The first-order valence-electron chi connectivity index (χ1n) is 18.9. The van der Waals surface area contributed by atoms with Gasteiger partial charge in [-0.15, -0.1) is 11.3 Å². The van der Waals surface area contributed by atoms with Crippen LogP contribution in [0.1, 0.15) is 95.7 Å². The predicted octanol–water partition coefficient (Wildman–Crippen LogP) is 4.87. The summed E-state index contributed by atoms with van der Waals surface area (Å²) >= 11 is 1.50. The summed E-state index contributed by atoms with van der Waals surface area (Å²) in [6.45, 7) is 7.80. The lowest BCUT2D eigenvalue weighted by Crippen LogP contribution is -2.58. The maximum absolute atomic E-state index is 14.3. The van der Waals surface area contributed by atoms with Crippen LogP contribution in [0.2, 0.25) is 0 Å². The van der Waals surface area contributed by atoms with E-state index in [4.69, 9.17) is 25.2 Å². The molecule has 54 heavy (non-hydrogen) atoms. The molecular formula is C39H50N6O7S2. The van der Waals surface area contributed by atoms with Crippen molar-refractivity contribution in [1.82, 2.24) is 24.9 Å². The predicted molar refractivity (Wildman–Crippen MR) is 207 cm³/mol. The number of amides is 3. The Balaban J connectivity index is 1.21. The Morgan fingerprint density at radius 3 is 2.63 bits per heavy atom. The van der Waals surface area contributed by atoms with Crippen molar-refractivity contribution in [3.63, 3.8) is 0 Å². The maximum Gasteiger partial charge on any atom is 0.259 e. The van der Waals surface area contributed by atoms with Crippen LogP contribution in [-0.4, -0.2) is 83.1 Å². The molecule has 1 aromatic carbocycles. The number of sulfonamides is 1. The summed E-state index contributed by atoms with van der Waals surface area (Å²) in [6.07, 6.45) is 8.28. The van der Waals surface area contributed by atoms with Crippen molar-refractivity contribution < 1.29 is 32.3 Å². The summed E-state index contributed by atoms with van der Waals surface area (Å²) in [5, 5.41) is 6.43. The fourth-order valence-corrected chi connectivity index (χ4v) is 9.75. The lowest BCUT2D eigenvalue weighted by atomic mass is 10.1. The number of aromatic nitrogens is 2. The SMILES string of the molecule is COc1ccc2c(O[C@@H]3C[C@H]4C(=O)N[C@]5(C(=O)NS(=O)(=O)C6(C)CC6)C[C@H]5/C=C\CCCCC[C@H](N)C(=O)N4C3)cc(-c3nc(C(C)C)cs3)nc2c1C. The Labute approximate surface area is 320 Å². The molecule has 3 amide bonds. The number of methoxy groups -OCH3 is 1. The van der Waals surface area contributed by atoms with Gasteiger partial charge in [0.05, 0.1) is 35.7 Å². The topological polar surface area (TPSA) is 183 Å². The summed E-state index contributed by atoms with van der Waals surface area (Å²) in [5.74, 6) is -0.630. The van der Waals surface area contributed by atoms with E-state index < -0.39 is 56.2 Å². The smallest absolute Gasteiger partial charge is 0.259 e. The number of benzene rings is 1. The molecule has 2 aliphatic heterocycles. The number of aryl methyl sites for hydroxylation is 1. The molecule has 15 heteroatoms. The van der Waals surface area contributed by atoms with Gasteiger partial charge in [0.25, 0.3) is 5.91 Å². The van der Waals surface area contributed by atoms with Crippen molar-refractivity contribution in [2.24, 2.45) is 11.7 Å². The Morgan fingerprint density at radius 1 is 1.15 bits per heavy atom. The number of hydrogen-bond acceptors (Lipinski definition) is 11. The third-order valence-corrected chi connectivity index (χ3v) is 14.6. The quantitative estimate of drug-likeness (QED) is 0.267. The average molecular weight is 779 g/mol. The van der Waals surface area contributed by atoms with E-state index in [1.807, 2.05) is 42.7 Å². The molecule has 0 unspecified atom stereocenters. The molecule has 2 saturated carbocycles. The van der Waals surface area contributed by atoms with E-state index in [1.165, 1.54) is 16.2 Å². The van der Waals surface area contributed by atoms with Crippen molar-refractivity contribution in [3.8, 4) is 22.2 Å². The summed E-state index contributed by atoms with van der Waals surface area (Å²) in [7, 11) is -2.34. The van der Waals surface area contributed by atoms with Gasteiger partial charge in [-0.25, -0.2) is 18.4 Å². The minimum absolute atomic E-state index is 0.0862. The van der Waals surface area contributed by atoms with E-state index in [0.717, 1.165) is 47.3 Å². The first-order valence-corrected chi connectivity index (χ1v) is 21.2. The first-order chi connectivity index (χ1) is 25.7. The molecule has 4 heterocycles. The molecule has 5 atom stereocenters. The zero-order valence-electron chi connectivity index (χ0n) is 31.5. The Hall–Kier alpha value is -4.08. The fraction of sp³-hybridized carbons (Fsp3) is 0.564. The van der Waals surface area contributed by atoms with Gasteiger partial charge in [-0.2, -0.15) is 0 Å². The standard InChI is InChI=1S/C39H50N6O7S2/c1-22(2)29-21-53-35(42-29)28-18-32(26-13-14-31(51-5)23(3)33(26)41-28)52-25-17-30-34(46)43-39(37(48)44-54(49,50)38(4)15-16-38)19-24(39)11-9-7-6-8-10-12-27(40)36(47)45(30)20-25/h9,11,13-14,18,21-22,24-25,27,30H,6-8,10,12,15-17,19-20,40H2,1-5H3,(H,43,46)(H,44,48)/b11-9-/t24-,25-,27+,30+,39-/m1/s1. The van der Waals surface area contributed by atoms with Crippen LogP contribution in [-0.2, 0) is 24.4 Å². The summed E-state index contributed by atoms with van der Waals surface area (Å²) in [5.41, 5.74) is 8.12. The third kappa shape index (κ3) is 7.22. The van der Waals surface area contributed by atoms with Crippen LogP contribution in [0.4, 0.5) is 0 Å². The molecule has 13 nitrogen and oxygen atoms in total. The van der Waals surface area contributed by atoms with Crippen LogP contribution >= 0.6 is 11.3 Å². The number of nitrogens with two attached hydrogens (primary N) is 1. The minimum Gasteiger partial charge on any atom is -0.496 e. The van der Waals surface area contributed by atoms with Crippen molar-refractivity contribution in [2.45, 2.75) is 120 Å². The number of allylic oxidation sites excluding steroid dienone is 1. The number of nitrogens with one attached hydrogen (secondary N) is 2. The second-order valence-corrected chi connectivity index (χ2v) is 18.9. The van der Waals surface area contributed by atoms with E-state index in [2.05, 4.69) is 23.9 Å².